The Morgan fingerprint density at radius 1 is 1.42 bits per heavy atom. The zero-order chi connectivity index (χ0) is 13.8. The predicted octanol–water partition coefficient (Wildman–Crippen LogP) is 3.41. The van der Waals surface area contributed by atoms with Crippen molar-refractivity contribution in [2.24, 2.45) is 0 Å². The van der Waals surface area contributed by atoms with E-state index in [1.807, 2.05) is 26.0 Å². The molecule has 5 heteroatoms. The molecule has 0 saturated heterocycles. The van der Waals surface area contributed by atoms with Crippen LogP contribution in [-0.4, -0.2) is 24.1 Å². The summed E-state index contributed by atoms with van der Waals surface area (Å²) < 4.78 is 0. The first-order valence-corrected chi connectivity index (χ1v) is 6.97. The number of nitro groups is 1. The van der Waals surface area contributed by atoms with E-state index in [-0.39, 0.29) is 10.6 Å². The van der Waals surface area contributed by atoms with Gasteiger partial charge in [0.1, 0.15) is 11.4 Å². The Balaban J connectivity index is 2.38. The van der Waals surface area contributed by atoms with E-state index in [9.17, 15) is 10.1 Å². The average molecular weight is 263 g/mol. The van der Waals surface area contributed by atoms with Crippen molar-refractivity contribution in [3.05, 3.63) is 28.3 Å². The highest BCUT2D eigenvalue weighted by atomic mass is 16.6. The molecule has 0 amide bonds. The molecule has 5 nitrogen and oxygen atoms in total. The predicted molar refractivity (Wildman–Crippen MR) is 77.9 cm³/mol. The summed E-state index contributed by atoms with van der Waals surface area (Å²) in [6, 6.07) is 6.02. The smallest absolute Gasteiger partial charge is 0.315 e. The van der Waals surface area contributed by atoms with E-state index in [1.165, 1.54) is 0 Å². The highest BCUT2D eigenvalue weighted by Crippen LogP contribution is 2.40. The van der Waals surface area contributed by atoms with Gasteiger partial charge in [-0.05, 0) is 38.3 Å². The van der Waals surface area contributed by atoms with E-state index in [4.69, 9.17) is 0 Å². The Morgan fingerprint density at radius 3 is 2.68 bits per heavy atom. The number of anilines is 2. The Labute approximate surface area is 113 Å². The van der Waals surface area contributed by atoms with Crippen LogP contribution in [0.3, 0.4) is 0 Å². The number of para-hydroxylation sites is 1. The zero-order valence-corrected chi connectivity index (χ0v) is 11.6. The Hall–Kier alpha value is -1.78. The maximum atomic E-state index is 11.4. The molecule has 1 aromatic carbocycles. The summed E-state index contributed by atoms with van der Waals surface area (Å²) in [5.41, 5.74) is 1.59. The van der Waals surface area contributed by atoms with Crippen LogP contribution in [0.2, 0.25) is 0 Å². The van der Waals surface area contributed by atoms with E-state index in [1.54, 1.807) is 6.07 Å². The third-order valence-corrected chi connectivity index (χ3v) is 3.40. The van der Waals surface area contributed by atoms with Crippen LogP contribution in [0, 0.1) is 10.1 Å². The Morgan fingerprint density at radius 2 is 2.16 bits per heavy atom. The van der Waals surface area contributed by atoms with Crippen LogP contribution in [-0.2, 0) is 0 Å². The van der Waals surface area contributed by atoms with Gasteiger partial charge in [0, 0.05) is 19.1 Å². The first-order valence-electron chi connectivity index (χ1n) is 6.97. The normalized spacial score (nSPS) is 14.2. The zero-order valence-electron chi connectivity index (χ0n) is 11.6. The lowest BCUT2D eigenvalue weighted by Gasteiger charge is -2.23. The van der Waals surface area contributed by atoms with Crippen LogP contribution in [0.25, 0.3) is 0 Å². The van der Waals surface area contributed by atoms with Crippen LogP contribution >= 0.6 is 0 Å². The van der Waals surface area contributed by atoms with Gasteiger partial charge in [-0.1, -0.05) is 13.0 Å². The number of nitro benzene ring substituents is 1. The summed E-state index contributed by atoms with van der Waals surface area (Å²) in [7, 11) is 0. The third kappa shape index (κ3) is 2.97. The molecule has 19 heavy (non-hydrogen) atoms. The molecule has 0 unspecified atom stereocenters. The van der Waals surface area contributed by atoms with Gasteiger partial charge in [0.25, 0.3) is 0 Å². The van der Waals surface area contributed by atoms with Crippen molar-refractivity contribution in [1.82, 2.24) is 0 Å². The van der Waals surface area contributed by atoms with Crippen LogP contribution < -0.4 is 10.2 Å². The maximum absolute atomic E-state index is 11.4. The fourth-order valence-corrected chi connectivity index (χ4v) is 2.37. The molecule has 104 valence electrons. The molecule has 1 aromatic rings. The van der Waals surface area contributed by atoms with Crippen LogP contribution in [0.5, 0.6) is 0 Å². The average Bonchev–Trinajstić information content (AvgIpc) is 3.21. The van der Waals surface area contributed by atoms with Gasteiger partial charge >= 0.3 is 5.69 Å². The van der Waals surface area contributed by atoms with Crippen molar-refractivity contribution in [3.63, 3.8) is 0 Å². The van der Waals surface area contributed by atoms with E-state index < -0.39 is 0 Å². The van der Waals surface area contributed by atoms with Crippen LogP contribution in [0.1, 0.15) is 33.1 Å². The number of rotatable bonds is 7. The second kappa shape index (κ2) is 5.91. The molecule has 0 heterocycles. The first kappa shape index (κ1) is 13.6. The minimum absolute atomic E-state index is 0.213. The topological polar surface area (TPSA) is 58.4 Å². The summed E-state index contributed by atoms with van der Waals surface area (Å²) in [4.78, 5) is 13.3. The molecule has 0 spiro atoms. The lowest BCUT2D eigenvalue weighted by Crippen LogP contribution is -2.26. The quantitative estimate of drug-likeness (QED) is 0.605. The summed E-state index contributed by atoms with van der Waals surface area (Å²) in [6.45, 7) is 5.65. The lowest BCUT2D eigenvalue weighted by molar-refractivity contribution is -0.383. The maximum Gasteiger partial charge on any atom is 0.315 e. The molecule has 0 atom stereocenters. The molecule has 1 saturated carbocycles. The fourth-order valence-electron chi connectivity index (χ4n) is 2.37. The van der Waals surface area contributed by atoms with E-state index in [2.05, 4.69) is 10.2 Å². The van der Waals surface area contributed by atoms with Crippen LogP contribution in [0.15, 0.2) is 18.2 Å². The second-order valence-corrected chi connectivity index (χ2v) is 4.87. The van der Waals surface area contributed by atoms with Gasteiger partial charge < -0.3 is 10.2 Å². The highest BCUT2D eigenvalue weighted by Gasteiger charge is 2.33. The molecule has 0 aromatic heterocycles. The molecular weight excluding hydrogens is 242 g/mol. The molecule has 0 aliphatic heterocycles. The van der Waals surface area contributed by atoms with E-state index in [0.717, 1.165) is 38.0 Å². The van der Waals surface area contributed by atoms with Gasteiger partial charge in [0.15, 0.2) is 0 Å². The summed E-state index contributed by atoms with van der Waals surface area (Å²) >= 11 is 0. The van der Waals surface area contributed by atoms with E-state index in [0.29, 0.717) is 11.7 Å². The Kier molecular flexibility index (Phi) is 4.24. The van der Waals surface area contributed by atoms with Gasteiger partial charge in [-0.25, -0.2) is 0 Å². The highest BCUT2D eigenvalue weighted by molar-refractivity contribution is 5.77. The molecular formula is C14H21N3O2. The van der Waals surface area contributed by atoms with Crippen molar-refractivity contribution in [1.29, 1.82) is 0 Å². The van der Waals surface area contributed by atoms with Crippen molar-refractivity contribution in [3.8, 4) is 0 Å². The number of hydrogen-bond donors (Lipinski definition) is 1. The second-order valence-electron chi connectivity index (χ2n) is 4.87. The molecule has 0 radical (unpaired) electrons. The molecule has 1 aliphatic rings. The largest absolute Gasteiger partial charge is 0.379 e. The Bertz CT molecular complexity index is 458. The monoisotopic (exact) mass is 263 g/mol. The summed E-state index contributed by atoms with van der Waals surface area (Å²) in [6.07, 6.45) is 3.22. The van der Waals surface area contributed by atoms with E-state index >= 15 is 0 Å². The van der Waals surface area contributed by atoms with Gasteiger partial charge in [-0.15, -0.1) is 0 Å². The van der Waals surface area contributed by atoms with Crippen LogP contribution in [0.4, 0.5) is 17.1 Å². The SMILES string of the molecule is CCCNc1cccc(N(CC)C2CC2)c1[N+](=O)[O-]. The van der Waals surface area contributed by atoms with Gasteiger partial charge in [-0.3, -0.25) is 10.1 Å². The molecule has 2 rings (SSSR count). The minimum atomic E-state index is -0.266. The van der Waals surface area contributed by atoms with Crippen molar-refractivity contribution < 1.29 is 4.92 Å². The van der Waals surface area contributed by atoms with Gasteiger partial charge in [-0.2, -0.15) is 0 Å². The first-order chi connectivity index (χ1) is 9.19. The number of nitrogens with one attached hydrogen (secondary N) is 1. The fraction of sp³-hybridized carbons (Fsp3) is 0.571. The molecule has 1 N–H and O–H groups in total. The van der Waals surface area contributed by atoms with Gasteiger partial charge in [0.2, 0.25) is 0 Å². The number of hydrogen-bond acceptors (Lipinski definition) is 4. The van der Waals surface area contributed by atoms with Crippen molar-refractivity contribution in [2.45, 2.75) is 39.2 Å². The number of nitrogens with zero attached hydrogens (tertiary/aromatic N) is 2. The third-order valence-electron chi connectivity index (χ3n) is 3.40. The standard InChI is InChI=1S/C14H21N3O2/c1-3-10-15-12-6-5-7-13(14(12)17(18)19)16(4-2)11-8-9-11/h5-7,11,15H,3-4,8-10H2,1-2H3. The number of benzene rings is 1. The lowest BCUT2D eigenvalue weighted by atomic mass is 10.2. The molecule has 0 bridgehead atoms. The summed E-state index contributed by atoms with van der Waals surface area (Å²) in [5, 5.41) is 14.6. The van der Waals surface area contributed by atoms with Gasteiger partial charge in [0.05, 0.1) is 4.92 Å². The van der Waals surface area contributed by atoms with Crippen molar-refractivity contribution in [2.75, 3.05) is 23.3 Å². The molecule has 1 fully saturated rings. The summed E-state index contributed by atoms with van der Waals surface area (Å²) in [5.74, 6) is 0. The molecule has 1 aliphatic carbocycles. The van der Waals surface area contributed by atoms with Crippen molar-refractivity contribution >= 4 is 17.1 Å². The minimum Gasteiger partial charge on any atom is -0.379 e.